The summed E-state index contributed by atoms with van der Waals surface area (Å²) in [6, 6.07) is 15.6. The van der Waals surface area contributed by atoms with Crippen molar-refractivity contribution in [2.24, 2.45) is 0 Å². The lowest BCUT2D eigenvalue weighted by Crippen LogP contribution is -2.15. The highest BCUT2D eigenvalue weighted by Gasteiger charge is 2.27. The number of nitrogens with zero attached hydrogens (tertiary/aromatic N) is 7. The molecule has 0 spiro atoms. The van der Waals surface area contributed by atoms with Crippen molar-refractivity contribution in [3.63, 3.8) is 0 Å². The number of fused-ring (bicyclic) bond motifs is 1. The molecule has 7 rings (SSSR count). The van der Waals surface area contributed by atoms with Gasteiger partial charge in [-0.3, -0.25) is 4.79 Å². The van der Waals surface area contributed by atoms with Crippen molar-refractivity contribution in [2.45, 2.75) is 37.6 Å². The zero-order valence-corrected chi connectivity index (χ0v) is 18.9. The molecular formula is C26H22N8O. The summed E-state index contributed by atoms with van der Waals surface area (Å²) < 4.78 is 4.03. The van der Waals surface area contributed by atoms with Crippen LogP contribution >= 0.6 is 0 Å². The van der Waals surface area contributed by atoms with Crippen LogP contribution < -0.4 is 5.32 Å². The van der Waals surface area contributed by atoms with Gasteiger partial charge in [0, 0.05) is 23.5 Å². The molecule has 35 heavy (non-hydrogen) atoms. The number of benzene rings is 1. The van der Waals surface area contributed by atoms with Crippen LogP contribution in [0.4, 0.5) is 5.82 Å². The molecule has 0 aliphatic heterocycles. The van der Waals surface area contributed by atoms with E-state index in [1.165, 1.54) is 12.8 Å². The molecule has 1 N–H and O–H groups in total. The first-order valence-corrected chi connectivity index (χ1v) is 11.9. The van der Waals surface area contributed by atoms with Crippen LogP contribution in [0.15, 0.2) is 67.4 Å². The number of para-hydroxylation sites is 1. The van der Waals surface area contributed by atoms with E-state index in [1.807, 2.05) is 57.9 Å². The molecule has 9 heteroatoms. The van der Waals surface area contributed by atoms with E-state index in [-0.39, 0.29) is 5.91 Å². The van der Waals surface area contributed by atoms with Gasteiger partial charge in [-0.05, 0) is 49.9 Å². The van der Waals surface area contributed by atoms with Crippen molar-refractivity contribution in [2.75, 3.05) is 5.32 Å². The smallest absolute Gasteiger partial charge is 0.275 e. The van der Waals surface area contributed by atoms with E-state index in [1.54, 1.807) is 12.4 Å². The van der Waals surface area contributed by atoms with Gasteiger partial charge < -0.3 is 14.5 Å². The number of amides is 1. The van der Waals surface area contributed by atoms with Gasteiger partial charge in [-0.25, -0.2) is 15.0 Å². The number of pyridine rings is 2. The molecule has 0 saturated heterocycles. The Bertz CT molecular complexity index is 1580. The summed E-state index contributed by atoms with van der Waals surface area (Å²) in [5.74, 6) is 1.37. The average molecular weight is 463 g/mol. The number of carbonyl (C=O) groups is 1. The summed E-state index contributed by atoms with van der Waals surface area (Å²) in [4.78, 5) is 27.1. The SMILES string of the molecule is O=C(Nc1cccc(-c2nncn2C2CC2)n1)c1cc(-n2cnc(C3CC3)c2)c2ccccc2n1. The first kappa shape index (κ1) is 20.0. The van der Waals surface area contributed by atoms with Gasteiger partial charge in [0.15, 0.2) is 5.82 Å². The van der Waals surface area contributed by atoms with Crippen molar-refractivity contribution in [1.82, 2.24) is 34.3 Å². The Hall–Kier alpha value is -4.40. The summed E-state index contributed by atoms with van der Waals surface area (Å²) >= 11 is 0. The van der Waals surface area contributed by atoms with E-state index < -0.39 is 0 Å². The number of rotatable bonds is 6. The van der Waals surface area contributed by atoms with Crippen LogP contribution in [0.3, 0.4) is 0 Å². The summed E-state index contributed by atoms with van der Waals surface area (Å²) in [6.07, 6.45) is 10.2. The Morgan fingerprint density at radius 2 is 1.86 bits per heavy atom. The van der Waals surface area contributed by atoms with Crippen LogP contribution in [0.2, 0.25) is 0 Å². The summed E-state index contributed by atoms with van der Waals surface area (Å²) in [5, 5.41) is 12.2. The maximum Gasteiger partial charge on any atom is 0.275 e. The second-order valence-electron chi connectivity index (χ2n) is 9.18. The van der Waals surface area contributed by atoms with Crippen LogP contribution in [0, 0.1) is 0 Å². The fraction of sp³-hybridized carbons (Fsp3) is 0.231. The quantitative estimate of drug-likeness (QED) is 0.397. The number of hydrogen-bond acceptors (Lipinski definition) is 6. The number of aromatic nitrogens is 7. The van der Waals surface area contributed by atoms with E-state index in [9.17, 15) is 4.79 Å². The third-order valence-corrected chi connectivity index (χ3v) is 6.54. The van der Waals surface area contributed by atoms with E-state index in [4.69, 9.17) is 0 Å². The van der Waals surface area contributed by atoms with E-state index >= 15 is 0 Å². The van der Waals surface area contributed by atoms with Gasteiger partial charge >= 0.3 is 0 Å². The van der Waals surface area contributed by atoms with Crippen molar-refractivity contribution >= 4 is 22.6 Å². The molecule has 1 amide bonds. The average Bonchev–Trinajstić information content (AvgIpc) is 3.82. The zero-order chi connectivity index (χ0) is 23.4. The molecule has 9 nitrogen and oxygen atoms in total. The Morgan fingerprint density at radius 1 is 0.971 bits per heavy atom. The first-order chi connectivity index (χ1) is 17.2. The Kier molecular flexibility index (Phi) is 4.48. The maximum absolute atomic E-state index is 13.3. The predicted octanol–water partition coefficient (Wildman–Crippen LogP) is 4.54. The molecule has 2 aliphatic carbocycles. The highest BCUT2D eigenvalue weighted by atomic mass is 16.1. The number of imidazole rings is 1. The minimum Gasteiger partial charge on any atom is -0.309 e. The lowest BCUT2D eigenvalue weighted by molar-refractivity contribution is 0.102. The number of nitrogens with one attached hydrogen (secondary N) is 1. The van der Waals surface area contributed by atoms with Gasteiger partial charge in [0.25, 0.3) is 5.91 Å². The third kappa shape index (κ3) is 3.74. The molecular weight excluding hydrogens is 440 g/mol. The van der Waals surface area contributed by atoms with E-state index in [0.29, 0.717) is 35.0 Å². The topological polar surface area (TPSA) is 103 Å². The third-order valence-electron chi connectivity index (χ3n) is 6.54. The number of hydrogen-bond donors (Lipinski definition) is 1. The molecule has 172 valence electrons. The molecule has 4 heterocycles. The minimum atomic E-state index is -0.326. The molecule has 1 aromatic carbocycles. The molecule has 4 aromatic heterocycles. The number of anilines is 1. The summed E-state index contributed by atoms with van der Waals surface area (Å²) in [5.41, 5.74) is 3.70. The molecule has 0 bridgehead atoms. The van der Waals surface area contributed by atoms with Crippen LogP contribution in [-0.4, -0.2) is 40.2 Å². The molecule has 2 aliphatic rings. The number of carbonyl (C=O) groups excluding carboxylic acids is 1. The maximum atomic E-state index is 13.3. The van der Waals surface area contributed by atoms with Crippen molar-refractivity contribution in [3.05, 3.63) is 78.8 Å². The first-order valence-electron chi connectivity index (χ1n) is 11.9. The highest BCUT2D eigenvalue weighted by Crippen LogP contribution is 2.39. The zero-order valence-electron chi connectivity index (χ0n) is 18.9. The van der Waals surface area contributed by atoms with E-state index in [2.05, 4.69) is 36.7 Å². The molecule has 2 fully saturated rings. The van der Waals surface area contributed by atoms with Gasteiger partial charge in [0.2, 0.25) is 0 Å². The van der Waals surface area contributed by atoms with Gasteiger partial charge in [0.05, 0.1) is 23.2 Å². The second-order valence-corrected chi connectivity index (χ2v) is 9.18. The fourth-order valence-electron chi connectivity index (χ4n) is 4.40. The molecule has 0 unspecified atom stereocenters. The van der Waals surface area contributed by atoms with Crippen LogP contribution in [0.5, 0.6) is 0 Å². The van der Waals surface area contributed by atoms with Crippen molar-refractivity contribution in [1.29, 1.82) is 0 Å². The lowest BCUT2D eigenvalue weighted by atomic mass is 10.1. The lowest BCUT2D eigenvalue weighted by Gasteiger charge is -2.11. The van der Waals surface area contributed by atoms with Crippen molar-refractivity contribution in [3.8, 4) is 17.2 Å². The molecule has 0 radical (unpaired) electrons. The van der Waals surface area contributed by atoms with Gasteiger partial charge in [-0.2, -0.15) is 0 Å². The second kappa shape index (κ2) is 7.83. The van der Waals surface area contributed by atoms with Crippen LogP contribution in [0.1, 0.15) is 53.8 Å². The molecule has 0 atom stereocenters. The predicted molar refractivity (Wildman–Crippen MR) is 130 cm³/mol. The molecule has 2 saturated carbocycles. The normalized spacial score (nSPS) is 15.4. The van der Waals surface area contributed by atoms with Gasteiger partial charge in [-0.15, -0.1) is 10.2 Å². The standard InChI is InChI=1S/C26H22N8O/c35-26(31-24-7-3-6-20(30-24)25-32-28-15-34(25)17-10-11-17)21-12-23(18-4-1-2-5-19(18)29-21)33-13-22(27-14-33)16-8-9-16/h1-7,12-17H,8-11H2,(H,30,31,35). The largest absolute Gasteiger partial charge is 0.309 e. The Balaban J connectivity index is 1.22. The van der Waals surface area contributed by atoms with Gasteiger partial charge in [-0.1, -0.05) is 24.3 Å². The Labute approximate surface area is 200 Å². The minimum absolute atomic E-state index is 0.314. The highest BCUT2D eigenvalue weighted by molar-refractivity contribution is 6.05. The van der Waals surface area contributed by atoms with Crippen LogP contribution in [0.25, 0.3) is 28.1 Å². The fourth-order valence-corrected chi connectivity index (χ4v) is 4.40. The molecule has 5 aromatic rings. The van der Waals surface area contributed by atoms with E-state index in [0.717, 1.165) is 35.1 Å². The van der Waals surface area contributed by atoms with Crippen molar-refractivity contribution < 1.29 is 4.79 Å². The monoisotopic (exact) mass is 462 g/mol. The van der Waals surface area contributed by atoms with Crippen LogP contribution in [-0.2, 0) is 0 Å². The van der Waals surface area contributed by atoms with Gasteiger partial charge in [0.1, 0.15) is 23.5 Å². The Morgan fingerprint density at radius 3 is 2.71 bits per heavy atom. The summed E-state index contributed by atoms with van der Waals surface area (Å²) in [6.45, 7) is 0. The summed E-state index contributed by atoms with van der Waals surface area (Å²) in [7, 11) is 0.